The van der Waals surface area contributed by atoms with Gasteiger partial charge in [-0.15, -0.1) is 0 Å². The minimum Gasteiger partial charge on any atom is -0.493 e. The first kappa shape index (κ1) is 17.2. The summed E-state index contributed by atoms with van der Waals surface area (Å²) in [6.07, 6.45) is 0.871. The highest BCUT2D eigenvalue weighted by atomic mass is 16.5. The van der Waals surface area contributed by atoms with Crippen LogP contribution in [0.15, 0.2) is 83.3 Å². The molecule has 0 amide bonds. The van der Waals surface area contributed by atoms with Gasteiger partial charge >= 0.3 is 0 Å². The Hall–Kier alpha value is -3.25. The largest absolute Gasteiger partial charge is 0.493 e. The van der Waals surface area contributed by atoms with E-state index in [1.165, 1.54) is 0 Å². The van der Waals surface area contributed by atoms with Crippen molar-refractivity contribution in [1.82, 2.24) is 0 Å². The summed E-state index contributed by atoms with van der Waals surface area (Å²) in [5, 5.41) is 9.83. The lowest BCUT2D eigenvalue weighted by molar-refractivity contribution is 0.243. The molecule has 0 fully saturated rings. The molecule has 4 aromatic rings. The number of nitriles is 1. The number of hydrogen-bond acceptors (Lipinski definition) is 3. The van der Waals surface area contributed by atoms with E-state index in [0.29, 0.717) is 6.61 Å². The van der Waals surface area contributed by atoms with Crippen LogP contribution in [0.5, 0.6) is 5.75 Å². The predicted molar refractivity (Wildman–Crippen MR) is 106 cm³/mol. The molecule has 0 N–H and O–H groups in total. The predicted octanol–water partition coefficient (Wildman–Crippen LogP) is 5.90. The zero-order valence-electron chi connectivity index (χ0n) is 15.3. The number of rotatable bonds is 2. The Labute approximate surface area is 159 Å². The van der Waals surface area contributed by atoms with Crippen molar-refractivity contribution in [1.29, 1.82) is 5.26 Å². The number of hydrogen-bond donors (Lipinski definition) is 0. The molecule has 0 spiro atoms. The lowest BCUT2D eigenvalue weighted by atomic mass is 9.68. The normalized spacial score (nSPS) is 17.7. The summed E-state index contributed by atoms with van der Waals surface area (Å²) in [6, 6.07) is 28.5. The third kappa shape index (κ3) is 3.27. The SMILES string of the molecule is CC(C#N)(c1ccccc1)C1CCOc2ccccc21.c1cc2ccc1o2. The number of benzene rings is 3. The van der Waals surface area contributed by atoms with Crippen LogP contribution in [0.25, 0.3) is 11.2 Å². The van der Waals surface area contributed by atoms with Gasteiger partial charge in [-0.25, -0.2) is 0 Å². The molecule has 0 aliphatic carbocycles. The van der Waals surface area contributed by atoms with E-state index >= 15 is 0 Å². The molecule has 0 saturated carbocycles. The van der Waals surface area contributed by atoms with Crippen LogP contribution in [0.1, 0.15) is 30.4 Å². The molecule has 3 heteroatoms. The molecule has 2 aromatic carbocycles. The van der Waals surface area contributed by atoms with Gasteiger partial charge in [0.25, 0.3) is 0 Å². The zero-order valence-corrected chi connectivity index (χ0v) is 15.3. The Morgan fingerprint density at radius 2 is 1.52 bits per heavy atom. The highest BCUT2D eigenvalue weighted by molar-refractivity contribution is 5.59. The van der Waals surface area contributed by atoms with Gasteiger partial charge in [-0.2, -0.15) is 5.26 Å². The summed E-state index contributed by atoms with van der Waals surface area (Å²) in [7, 11) is 0. The second kappa shape index (κ2) is 7.17. The van der Waals surface area contributed by atoms with Crippen LogP contribution in [0.3, 0.4) is 0 Å². The van der Waals surface area contributed by atoms with Crippen LogP contribution in [0.2, 0.25) is 0 Å². The van der Waals surface area contributed by atoms with E-state index in [2.05, 4.69) is 12.1 Å². The van der Waals surface area contributed by atoms with Crippen molar-refractivity contribution in [2.24, 2.45) is 0 Å². The Bertz CT molecular complexity index is 1000. The smallest absolute Gasteiger partial charge is 0.127 e. The first-order valence-corrected chi connectivity index (χ1v) is 9.17. The molecule has 1 aliphatic rings. The summed E-state index contributed by atoms with van der Waals surface area (Å²) < 4.78 is 10.8. The average Bonchev–Trinajstić information content (AvgIpc) is 3.40. The van der Waals surface area contributed by atoms with Crippen LogP contribution < -0.4 is 4.74 Å². The number of furan rings is 2. The van der Waals surface area contributed by atoms with Crippen molar-refractivity contribution in [3.05, 3.63) is 90.0 Å². The van der Waals surface area contributed by atoms with Crippen LogP contribution in [0.4, 0.5) is 0 Å². The van der Waals surface area contributed by atoms with E-state index in [1.54, 1.807) is 0 Å². The summed E-state index contributed by atoms with van der Waals surface area (Å²) >= 11 is 0. The molecule has 134 valence electrons. The molecular formula is C24H21NO2. The van der Waals surface area contributed by atoms with Gasteiger partial charge in [0.05, 0.1) is 18.1 Å². The van der Waals surface area contributed by atoms with Gasteiger partial charge in [0.2, 0.25) is 0 Å². The Morgan fingerprint density at radius 3 is 2.11 bits per heavy atom. The average molecular weight is 355 g/mol. The van der Waals surface area contributed by atoms with Gasteiger partial charge in [-0.3, -0.25) is 0 Å². The van der Waals surface area contributed by atoms with Crippen molar-refractivity contribution >= 4 is 11.2 Å². The first-order chi connectivity index (χ1) is 13.2. The maximum absolute atomic E-state index is 9.83. The molecule has 2 aromatic heterocycles. The fourth-order valence-electron chi connectivity index (χ4n) is 3.78. The maximum atomic E-state index is 9.83. The molecule has 3 nitrogen and oxygen atoms in total. The second-order valence-corrected chi connectivity index (χ2v) is 6.98. The highest BCUT2D eigenvalue weighted by Crippen LogP contribution is 2.46. The second-order valence-electron chi connectivity index (χ2n) is 6.98. The first-order valence-electron chi connectivity index (χ1n) is 9.17. The monoisotopic (exact) mass is 355 g/mol. The van der Waals surface area contributed by atoms with Gasteiger partial charge in [0, 0.05) is 5.92 Å². The molecule has 2 bridgehead atoms. The topological polar surface area (TPSA) is 46.2 Å². The number of ether oxygens (including phenoxy) is 1. The minimum absolute atomic E-state index is 0.167. The zero-order chi connectivity index (χ0) is 18.7. The molecule has 0 radical (unpaired) electrons. The molecule has 3 heterocycles. The summed E-state index contributed by atoms with van der Waals surface area (Å²) in [4.78, 5) is 0. The van der Waals surface area contributed by atoms with Crippen LogP contribution >= 0.6 is 0 Å². The van der Waals surface area contributed by atoms with Crippen molar-refractivity contribution in [2.75, 3.05) is 6.61 Å². The third-order valence-corrected chi connectivity index (χ3v) is 5.32. The van der Waals surface area contributed by atoms with E-state index in [0.717, 1.165) is 34.5 Å². The standard InChI is InChI=1S/C18H17NO.C6H4O/c1-18(13-19,14-7-3-2-4-8-14)16-11-12-20-17-10-6-5-9-15(16)17;1-2-6-4-3-5(1)7-6/h2-10,16H,11-12H2,1H3;1-4H. The molecule has 1 aliphatic heterocycles. The molecular weight excluding hydrogens is 334 g/mol. The minimum atomic E-state index is -0.527. The van der Waals surface area contributed by atoms with E-state index in [1.807, 2.05) is 79.7 Å². The fraction of sp³-hybridized carbons (Fsp3) is 0.208. The number of fused-ring (bicyclic) bond motifs is 3. The van der Waals surface area contributed by atoms with Crippen molar-refractivity contribution in [3.63, 3.8) is 0 Å². The van der Waals surface area contributed by atoms with Crippen LogP contribution in [-0.2, 0) is 5.41 Å². The van der Waals surface area contributed by atoms with Crippen molar-refractivity contribution in [3.8, 4) is 11.8 Å². The van der Waals surface area contributed by atoms with E-state index in [9.17, 15) is 5.26 Å². The Kier molecular flexibility index (Phi) is 4.56. The fourth-order valence-corrected chi connectivity index (χ4v) is 3.78. The molecule has 2 unspecified atom stereocenters. The van der Waals surface area contributed by atoms with Crippen molar-refractivity contribution in [2.45, 2.75) is 24.7 Å². The van der Waals surface area contributed by atoms with Crippen LogP contribution in [-0.4, -0.2) is 6.61 Å². The summed E-state index contributed by atoms with van der Waals surface area (Å²) in [5.41, 5.74) is 3.63. The third-order valence-electron chi connectivity index (χ3n) is 5.32. The van der Waals surface area contributed by atoms with Crippen LogP contribution in [0, 0.1) is 11.3 Å². The number of nitrogens with zero attached hydrogens (tertiary/aromatic N) is 1. The van der Waals surface area contributed by atoms with Gasteiger partial charge < -0.3 is 9.15 Å². The highest BCUT2D eigenvalue weighted by Gasteiger charge is 2.40. The van der Waals surface area contributed by atoms with Gasteiger partial charge in [-0.1, -0.05) is 48.5 Å². The Morgan fingerprint density at radius 1 is 0.889 bits per heavy atom. The van der Waals surface area contributed by atoms with E-state index in [4.69, 9.17) is 9.15 Å². The lowest BCUT2D eigenvalue weighted by Crippen LogP contribution is -2.32. The lowest BCUT2D eigenvalue weighted by Gasteiger charge is -2.36. The molecule has 0 saturated heterocycles. The quantitative estimate of drug-likeness (QED) is 0.449. The number of para-hydroxylation sites is 1. The summed E-state index contributed by atoms with van der Waals surface area (Å²) in [5.74, 6) is 1.08. The molecule has 2 atom stereocenters. The molecule has 27 heavy (non-hydrogen) atoms. The Balaban J connectivity index is 0.000000213. The van der Waals surface area contributed by atoms with E-state index < -0.39 is 5.41 Å². The van der Waals surface area contributed by atoms with E-state index in [-0.39, 0.29) is 5.92 Å². The maximum Gasteiger partial charge on any atom is 0.127 e. The van der Waals surface area contributed by atoms with Gasteiger partial charge in [0.1, 0.15) is 16.9 Å². The van der Waals surface area contributed by atoms with Gasteiger partial charge in [-0.05, 0) is 54.8 Å². The molecule has 5 rings (SSSR count). The van der Waals surface area contributed by atoms with Crippen molar-refractivity contribution < 1.29 is 9.15 Å². The van der Waals surface area contributed by atoms with Gasteiger partial charge in [0.15, 0.2) is 0 Å². The summed E-state index contributed by atoms with van der Waals surface area (Å²) in [6.45, 7) is 2.71.